The fourth-order valence-corrected chi connectivity index (χ4v) is 3.89. The lowest BCUT2D eigenvalue weighted by Crippen LogP contribution is -2.29. The van der Waals surface area contributed by atoms with Gasteiger partial charge in [-0.3, -0.25) is 4.79 Å². The Balaban J connectivity index is 1.72. The molecule has 3 N–H and O–H groups in total. The molecule has 0 unspecified atom stereocenters. The highest BCUT2D eigenvalue weighted by atomic mass is 32.1. The zero-order valence-corrected chi connectivity index (χ0v) is 13.5. The standard InChI is InChI=1S/C17H21N3OS/c1-11-5-2-3-7-13(11)15-10-22-17(19-15)20-16(21)14-8-4-6-12(14)9-18/h2-3,5,7,10,12,14H,4,6,8-9,18H2,1H3,(H,19,20,21)/t12-,14-/m1/s1. The SMILES string of the molecule is Cc1ccccc1-c1csc(NC(=O)[C@@H]2CCC[C@@H]2CN)n1. The van der Waals surface area contributed by atoms with Crippen LogP contribution in [0.2, 0.25) is 0 Å². The molecule has 1 heterocycles. The van der Waals surface area contributed by atoms with Crippen LogP contribution in [0.1, 0.15) is 24.8 Å². The molecule has 0 spiro atoms. The Bertz CT molecular complexity index is 667. The molecule has 0 bridgehead atoms. The molecule has 4 nitrogen and oxygen atoms in total. The Hall–Kier alpha value is -1.72. The average molecular weight is 315 g/mol. The first kappa shape index (κ1) is 15.2. The van der Waals surface area contributed by atoms with Crippen molar-refractivity contribution in [2.45, 2.75) is 26.2 Å². The molecule has 1 aromatic heterocycles. The summed E-state index contributed by atoms with van der Waals surface area (Å²) >= 11 is 1.47. The Morgan fingerprint density at radius 2 is 2.23 bits per heavy atom. The first-order chi connectivity index (χ1) is 10.7. The van der Waals surface area contributed by atoms with Crippen LogP contribution in [0.25, 0.3) is 11.3 Å². The number of carbonyl (C=O) groups excluding carboxylic acids is 1. The predicted octanol–water partition coefficient (Wildman–Crippen LogP) is 3.43. The van der Waals surface area contributed by atoms with Gasteiger partial charge in [0.15, 0.2) is 5.13 Å². The van der Waals surface area contributed by atoms with Gasteiger partial charge in [-0.1, -0.05) is 30.7 Å². The van der Waals surface area contributed by atoms with Gasteiger partial charge in [0.1, 0.15) is 0 Å². The van der Waals surface area contributed by atoms with Crippen LogP contribution in [-0.2, 0) is 4.79 Å². The van der Waals surface area contributed by atoms with Gasteiger partial charge in [0.2, 0.25) is 5.91 Å². The molecule has 1 aliphatic rings. The lowest BCUT2D eigenvalue weighted by atomic mass is 9.95. The monoisotopic (exact) mass is 315 g/mol. The summed E-state index contributed by atoms with van der Waals surface area (Å²) in [6.07, 6.45) is 3.08. The highest BCUT2D eigenvalue weighted by molar-refractivity contribution is 7.14. The summed E-state index contributed by atoms with van der Waals surface area (Å²) in [6.45, 7) is 2.65. The van der Waals surface area contributed by atoms with E-state index >= 15 is 0 Å². The van der Waals surface area contributed by atoms with Gasteiger partial charge in [0, 0.05) is 16.9 Å². The van der Waals surface area contributed by atoms with Gasteiger partial charge in [-0.15, -0.1) is 11.3 Å². The number of rotatable bonds is 4. The summed E-state index contributed by atoms with van der Waals surface area (Å²) in [6, 6.07) is 8.14. The lowest BCUT2D eigenvalue weighted by Gasteiger charge is -2.16. The summed E-state index contributed by atoms with van der Waals surface area (Å²) in [5.74, 6) is 0.422. The summed E-state index contributed by atoms with van der Waals surface area (Å²) in [5.41, 5.74) is 8.97. The Labute approximate surface area is 134 Å². The number of hydrogen-bond donors (Lipinski definition) is 2. The Kier molecular flexibility index (Phi) is 4.55. The molecule has 0 saturated heterocycles. The molecular formula is C17H21N3OS. The van der Waals surface area contributed by atoms with Crippen LogP contribution in [0, 0.1) is 18.8 Å². The van der Waals surface area contributed by atoms with Crippen LogP contribution in [-0.4, -0.2) is 17.4 Å². The molecule has 116 valence electrons. The number of benzene rings is 1. The van der Waals surface area contributed by atoms with E-state index in [-0.39, 0.29) is 11.8 Å². The minimum absolute atomic E-state index is 0.0378. The minimum Gasteiger partial charge on any atom is -0.330 e. The van der Waals surface area contributed by atoms with Crippen molar-refractivity contribution < 1.29 is 4.79 Å². The van der Waals surface area contributed by atoms with Gasteiger partial charge in [-0.2, -0.15) is 0 Å². The van der Waals surface area contributed by atoms with Crippen LogP contribution in [0.3, 0.4) is 0 Å². The van der Waals surface area contributed by atoms with Gasteiger partial charge in [-0.25, -0.2) is 4.98 Å². The van der Waals surface area contributed by atoms with E-state index in [4.69, 9.17) is 5.73 Å². The predicted molar refractivity (Wildman–Crippen MR) is 90.8 cm³/mol. The number of amides is 1. The maximum absolute atomic E-state index is 12.4. The molecule has 5 heteroatoms. The van der Waals surface area contributed by atoms with Crippen molar-refractivity contribution in [3.8, 4) is 11.3 Å². The molecule has 3 rings (SSSR count). The zero-order valence-electron chi connectivity index (χ0n) is 12.7. The average Bonchev–Trinajstić information content (AvgIpc) is 3.16. The molecule has 1 aliphatic carbocycles. The van der Waals surface area contributed by atoms with E-state index in [1.54, 1.807) is 0 Å². The second-order valence-electron chi connectivity index (χ2n) is 5.88. The maximum Gasteiger partial charge on any atom is 0.229 e. The Morgan fingerprint density at radius 1 is 1.41 bits per heavy atom. The number of anilines is 1. The van der Waals surface area contributed by atoms with Crippen molar-refractivity contribution >= 4 is 22.4 Å². The van der Waals surface area contributed by atoms with E-state index in [0.29, 0.717) is 17.6 Å². The highest BCUT2D eigenvalue weighted by Crippen LogP contribution is 2.33. The second kappa shape index (κ2) is 6.58. The van der Waals surface area contributed by atoms with Crippen molar-refractivity contribution in [3.05, 3.63) is 35.2 Å². The molecule has 22 heavy (non-hydrogen) atoms. The van der Waals surface area contributed by atoms with E-state index in [9.17, 15) is 4.79 Å². The molecule has 0 aliphatic heterocycles. The number of hydrogen-bond acceptors (Lipinski definition) is 4. The second-order valence-corrected chi connectivity index (χ2v) is 6.73. The number of nitrogens with two attached hydrogens (primary N) is 1. The minimum atomic E-state index is 0.0378. The quantitative estimate of drug-likeness (QED) is 0.908. The van der Waals surface area contributed by atoms with Crippen LogP contribution < -0.4 is 11.1 Å². The number of thiazole rings is 1. The third kappa shape index (κ3) is 3.05. The van der Waals surface area contributed by atoms with Gasteiger partial charge in [-0.05, 0) is 37.8 Å². The molecule has 0 radical (unpaired) electrons. The first-order valence-corrected chi connectivity index (χ1v) is 8.59. The van der Waals surface area contributed by atoms with Crippen LogP contribution >= 0.6 is 11.3 Å². The third-order valence-corrected chi connectivity index (χ3v) is 5.21. The Morgan fingerprint density at radius 3 is 3.00 bits per heavy atom. The number of aromatic nitrogens is 1. The van der Waals surface area contributed by atoms with Gasteiger partial charge >= 0.3 is 0 Å². The van der Waals surface area contributed by atoms with E-state index in [1.165, 1.54) is 16.9 Å². The molecule has 2 atom stereocenters. The summed E-state index contributed by atoms with van der Waals surface area (Å²) in [5, 5.41) is 5.64. The molecule has 1 saturated carbocycles. The third-order valence-electron chi connectivity index (χ3n) is 4.45. The zero-order chi connectivity index (χ0) is 15.5. The summed E-state index contributed by atoms with van der Waals surface area (Å²) in [7, 11) is 0. The molecule has 1 amide bonds. The number of nitrogens with zero attached hydrogens (tertiary/aromatic N) is 1. The number of nitrogens with one attached hydrogen (secondary N) is 1. The smallest absolute Gasteiger partial charge is 0.229 e. The molecule has 1 fully saturated rings. The van der Waals surface area contributed by atoms with Gasteiger partial charge in [0.05, 0.1) is 5.69 Å². The van der Waals surface area contributed by atoms with Crippen molar-refractivity contribution in [2.75, 3.05) is 11.9 Å². The van der Waals surface area contributed by atoms with Crippen LogP contribution in [0.5, 0.6) is 0 Å². The highest BCUT2D eigenvalue weighted by Gasteiger charge is 2.32. The van der Waals surface area contributed by atoms with E-state index in [2.05, 4.69) is 29.4 Å². The number of carbonyl (C=O) groups is 1. The molecule has 2 aromatic rings. The van der Waals surface area contributed by atoms with Crippen molar-refractivity contribution in [3.63, 3.8) is 0 Å². The van der Waals surface area contributed by atoms with Crippen LogP contribution in [0.4, 0.5) is 5.13 Å². The molecule has 1 aromatic carbocycles. The normalized spacial score (nSPS) is 21.0. The van der Waals surface area contributed by atoms with Crippen molar-refractivity contribution in [1.82, 2.24) is 4.98 Å². The van der Waals surface area contributed by atoms with Gasteiger partial charge in [0.25, 0.3) is 0 Å². The topological polar surface area (TPSA) is 68.0 Å². The van der Waals surface area contributed by atoms with E-state index in [1.807, 2.05) is 17.5 Å². The molecular weight excluding hydrogens is 294 g/mol. The van der Waals surface area contributed by atoms with Crippen molar-refractivity contribution in [2.24, 2.45) is 17.6 Å². The number of aryl methyl sites for hydroxylation is 1. The fraction of sp³-hybridized carbons (Fsp3) is 0.412. The van der Waals surface area contributed by atoms with Gasteiger partial charge < -0.3 is 11.1 Å². The largest absolute Gasteiger partial charge is 0.330 e. The summed E-state index contributed by atoms with van der Waals surface area (Å²) < 4.78 is 0. The lowest BCUT2D eigenvalue weighted by molar-refractivity contribution is -0.120. The van der Waals surface area contributed by atoms with E-state index < -0.39 is 0 Å². The maximum atomic E-state index is 12.4. The van der Waals surface area contributed by atoms with Crippen LogP contribution in [0.15, 0.2) is 29.6 Å². The van der Waals surface area contributed by atoms with Crippen molar-refractivity contribution in [1.29, 1.82) is 0 Å². The first-order valence-electron chi connectivity index (χ1n) is 7.71. The fourth-order valence-electron chi connectivity index (χ4n) is 3.18. The summed E-state index contributed by atoms with van der Waals surface area (Å²) in [4.78, 5) is 17.0. The van der Waals surface area contributed by atoms with E-state index in [0.717, 1.165) is 30.5 Å².